The van der Waals surface area contributed by atoms with Gasteiger partial charge in [0.15, 0.2) is 0 Å². The zero-order valence-corrected chi connectivity index (χ0v) is 60.1. The molecule has 2 aliphatic carbocycles. The highest BCUT2D eigenvalue weighted by Gasteiger charge is 2.51. The third-order valence-corrected chi connectivity index (χ3v) is 21.1. The van der Waals surface area contributed by atoms with E-state index in [9.17, 15) is 24.6 Å². The van der Waals surface area contributed by atoms with Gasteiger partial charge in [-0.25, -0.2) is 19.4 Å². The van der Waals surface area contributed by atoms with Crippen LogP contribution in [-0.2, 0) is 49.4 Å². The number of carboxylic acid groups (broad SMARTS) is 2. The number of carbonyl (C=O) groups is 7. The minimum atomic E-state index is -1.18. The summed E-state index contributed by atoms with van der Waals surface area (Å²) in [7, 11) is 0. The Balaban J connectivity index is 2.09. The molecule has 90 heavy (non-hydrogen) atoms. The van der Waals surface area contributed by atoms with Gasteiger partial charge in [-0.15, -0.1) is 0 Å². The predicted octanol–water partition coefficient (Wildman–Crippen LogP) is 17.3. The highest BCUT2D eigenvalue weighted by molar-refractivity contribution is 6.26. The summed E-state index contributed by atoms with van der Waals surface area (Å²) in [6.07, 6.45) is 7.93. The van der Waals surface area contributed by atoms with Crippen molar-refractivity contribution in [1.82, 2.24) is 10.3 Å². The maximum absolute atomic E-state index is 15.9. The van der Waals surface area contributed by atoms with E-state index in [0.717, 1.165) is 25.7 Å². The number of amidine groups is 1. The Morgan fingerprint density at radius 3 is 1.52 bits per heavy atom. The summed E-state index contributed by atoms with van der Waals surface area (Å²) < 4.78 is 19.6. The fourth-order valence-electron chi connectivity index (χ4n) is 15.2. The smallest absolute Gasteiger partial charge is 0.342 e. The molecule has 2 saturated carbocycles. The van der Waals surface area contributed by atoms with E-state index >= 15 is 19.2 Å². The Labute approximate surface area is 542 Å². The SMILES string of the molecule is C=C(C)C(=O)OCCCC(CC)(CC)C(=O)Cc1[nH]c(/C=C2\N=C(NC(=O)C(CC)(CC)CCCCC(CC(=O)O)C(=O)O)C(C(=O)OC3C(C(C)(C)C)CC(C)CC3C(C)(C)C)=C2C(C)C)c(C(C)C)c1C(=O)OC1C(C(C)(C)C)CC(C)CC1C(C)(C)C. The molecule has 3 aliphatic rings. The van der Waals surface area contributed by atoms with E-state index in [1.807, 2.05) is 61.5 Å². The normalized spacial score (nSPS) is 23.0. The van der Waals surface area contributed by atoms with Gasteiger partial charge in [0.1, 0.15) is 29.4 Å². The zero-order valence-electron chi connectivity index (χ0n) is 60.1. The summed E-state index contributed by atoms with van der Waals surface area (Å²) in [5.74, 6) is -5.17. The molecular weight excluding hydrogens is 1130 g/mol. The molecule has 508 valence electrons. The van der Waals surface area contributed by atoms with E-state index in [-0.39, 0.29) is 99.7 Å². The molecule has 0 radical (unpaired) electrons. The number of carbonyl (C=O) groups excluding carboxylic acids is 5. The number of nitrogens with zero attached hydrogens (tertiary/aromatic N) is 1. The second kappa shape index (κ2) is 31.1. The van der Waals surface area contributed by atoms with Crippen LogP contribution in [0.15, 0.2) is 34.0 Å². The number of amides is 1. The topological polar surface area (TPSA) is 228 Å². The fourth-order valence-corrected chi connectivity index (χ4v) is 15.2. The number of aliphatic imine (C=N–C) groups is 1. The van der Waals surface area contributed by atoms with E-state index in [0.29, 0.717) is 109 Å². The summed E-state index contributed by atoms with van der Waals surface area (Å²) in [6, 6.07) is 0. The molecule has 5 atom stereocenters. The van der Waals surface area contributed by atoms with Crippen LogP contribution < -0.4 is 5.32 Å². The summed E-state index contributed by atoms with van der Waals surface area (Å²) in [6.45, 7) is 52.3. The molecule has 1 aromatic heterocycles. The lowest BCUT2D eigenvalue weighted by Gasteiger charge is -2.50. The fraction of sp³-hybridized carbons (Fsp3) is 0.760. The van der Waals surface area contributed by atoms with Crippen molar-refractivity contribution in [2.24, 2.45) is 84.8 Å². The summed E-state index contributed by atoms with van der Waals surface area (Å²) in [5, 5.41) is 22.4. The number of carboxylic acids is 2. The van der Waals surface area contributed by atoms with Crippen LogP contribution in [0.4, 0.5) is 0 Å². The quantitative estimate of drug-likeness (QED) is 0.0266. The Morgan fingerprint density at radius 1 is 0.667 bits per heavy atom. The lowest BCUT2D eigenvalue weighted by Crippen LogP contribution is -2.50. The first-order valence-corrected chi connectivity index (χ1v) is 34.3. The van der Waals surface area contributed by atoms with Gasteiger partial charge < -0.3 is 34.7 Å². The number of esters is 3. The van der Waals surface area contributed by atoms with Gasteiger partial charge in [-0.3, -0.25) is 19.2 Å². The number of rotatable bonds is 28. The number of H-pyrrole nitrogens is 1. The first-order valence-electron chi connectivity index (χ1n) is 34.3. The Kier molecular flexibility index (Phi) is 26.6. The molecule has 0 spiro atoms. The van der Waals surface area contributed by atoms with Gasteiger partial charge in [-0.05, 0) is 147 Å². The molecule has 15 nitrogen and oxygen atoms in total. The number of unbranched alkanes of at least 4 members (excludes halogenated alkanes) is 1. The van der Waals surface area contributed by atoms with Crippen LogP contribution >= 0.6 is 0 Å². The molecular formula is C75H121N3O12. The Bertz CT molecular complexity index is 2780. The lowest BCUT2D eigenvalue weighted by atomic mass is 9.59. The van der Waals surface area contributed by atoms with Crippen molar-refractivity contribution in [1.29, 1.82) is 0 Å². The van der Waals surface area contributed by atoms with Crippen LogP contribution in [0.2, 0.25) is 0 Å². The number of ether oxygens (including phenoxy) is 3. The molecule has 1 aliphatic heterocycles. The minimum Gasteiger partial charge on any atom is -0.481 e. The monoisotopic (exact) mass is 1260 g/mol. The number of Topliss-reactive ketones (excluding diaryl/α,β-unsaturated/α-hetero) is 1. The Morgan fingerprint density at radius 2 is 1.12 bits per heavy atom. The molecule has 1 aromatic rings. The molecule has 5 unspecified atom stereocenters. The van der Waals surface area contributed by atoms with Crippen molar-refractivity contribution in [3.63, 3.8) is 0 Å². The number of hydrogen-bond acceptors (Lipinski definition) is 11. The summed E-state index contributed by atoms with van der Waals surface area (Å²) in [5.41, 5.74) is 0.559. The molecule has 4 N–H and O–H groups in total. The van der Waals surface area contributed by atoms with E-state index in [2.05, 4.69) is 114 Å². The van der Waals surface area contributed by atoms with E-state index < -0.39 is 65.2 Å². The number of hydrogen-bond donors (Lipinski definition) is 4. The maximum atomic E-state index is 15.9. The van der Waals surface area contributed by atoms with E-state index in [1.54, 1.807) is 6.92 Å². The van der Waals surface area contributed by atoms with Gasteiger partial charge >= 0.3 is 29.8 Å². The van der Waals surface area contributed by atoms with Gasteiger partial charge in [-0.2, -0.15) is 0 Å². The molecule has 0 aromatic carbocycles. The van der Waals surface area contributed by atoms with Gasteiger partial charge in [0, 0.05) is 57.9 Å². The second-order valence-electron chi connectivity index (χ2n) is 32.6. The highest BCUT2D eigenvalue weighted by Crippen LogP contribution is 2.52. The van der Waals surface area contributed by atoms with Crippen molar-refractivity contribution >= 4 is 53.4 Å². The van der Waals surface area contributed by atoms with E-state index in [4.69, 9.17) is 19.2 Å². The predicted molar refractivity (Wildman–Crippen MR) is 360 cm³/mol. The van der Waals surface area contributed by atoms with Crippen molar-refractivity contribution < 1.29 is 58.0 Å². The van der Waals surface area contributed by atoms with Crippen LogP contribution in [0.1, 0.15) is 289 Å². The first kappa shape index (κ1) is 77.1. The lowest BCUT2D eigenvalue weighted by molar-refractivity contribution is -0.164. The first-order chi connectivity index (χ1) is 41.4. The summed E-state index contributed by atoms with van der Waals surface area (Å²) >= 11 is 0. The van der Waals surface area contributed by atoms with Crippen LogP contribution in [0.25, 0.3) is 6.08 Å². The molecule has 2 heterocycles. The average Bonchev–Trinajstić information content (AvgIpc) is 1.43. The maximum Gasteiger partial charge on any atom is 0.342 e. The molecule has 2 fully saturated rings. The molecule has 15 heteroatoms. The van der Waals surface area contributed by atoms with Crippen LogP contribution in [0, 0.1) is 79.8 Å². The molecule has 0 bridgehead atoms. The number of aromatic amines is 1. The number of aromatic nitrogens is 1. The third kappa shape index (κ3) is 18.9. The van der Waals surface area contributed by atoms with Crippen LogP contribution in [0.3, 0.4) is 0 Å². The van der Waals surface area contributed by atoms with Crippen molar-refractivity contribution in [2.45, 2.75) is 280 Å². The van der Waals surface area contributed by atoms with Gasteiger partial charge in [0.25, 0.3) is 0 Å². The van der Waals surface area contributed by atoms with E-state index in [1.165, 1.54) is 0 Å². The number of allylic oxidation sites excluding steroid dienone is 1. The van der Waals surface area contributed by atoms with Crippen molar-refractivity contribution in [3.8, 4) is 0 Å². The number of ketones is 1. The minimum absolute atomic E-state index is 0.00684. The summed E-state index contributed by atoms with van der Waals surface area (Å²) in [4.78, 5) is 107. The zero-order chi connectivity index (χ0) is 68.6. The second-order valence-corrected chi connectivity index (χ2v) is 32.6. The Hall–Kier alpha value is -5.34. The average molecular weight is 1260 g/mol. The number of nitrogens with one attached hydrogen (secondary N) is 2. The molecule has 4 rings (SSSR count). The van der Waals surface area contributed by atoms with Crippen LogP contribution in [-0.4, -0.2) is 81.4 Å². The standard InChI is InChI=1S/C75H121N3O12/c1-25-74(26-2,34-31-35-88-66(84)45(9)10)56(79)42-55-60(67(85)89-62-49(70(13,14)15)36-46(11)37-50(62)71(16,17)18)58(43(5)6)53(76-55)41-54-59(44(7)8)61(68(86)90-63-51(72(19,20)21)38-47(12)39-52(63)73(22,23)24)64(77-54)78-69(87)75(27-3,28-4)33-30-29-32-48(65(82)83)40-57(80)81/h41,43-44,46-52,62-63,76H,9,25-40,42H2,1-8,10-24H3,(H,80,81)(H,82,83)(H,77,78,87)/b54-41-. The highest BCUT2D eigenvalue weighted by atomic mass is 16.6. The van der Waals surface area contributed by atoms with Crippen LogP contribution in [0.5, 0.6) is 0 Å². The van der Waals surface area contributed by atoms with Gasteiger partial charge in [-0.1, -0.05) is 172 Å². The van der Waals surface area contributed by atoms with Gasteiger partial charge in [0.05, 0.1) is 30.2 Å². The van der Waals surface area contributed by atoms with Crippen molar-refractivity contribution in [3.05, 3.63) is 51.5 Å². The number of aliphatic carboxylic acids is 2. The van der Waals surface area contributed by atoms with Gasteiger partial charge in [0.2, 0.25) is 5.91 Å². The third-order valence-electron chi connectivity index (χ3n) is 21.1. The molecule has 1 amide bonds. The molecule has 0 saturated heterocycles. The largest absolute Gasteiger partial charge is 0.481 e. The van der Waals surface area contributed by atoms with Crippen molar-refractivity contribution in [2.75, 3.05) is 6.61 Å².